The summed E-state index contributed by atoms with van der Waals surface area (Å²) in [7, 11) is -4.22. The van der Waals surface area contributed by atoms with Crippen molar-refractivity contribution in [2.75, 3.05) is 5.73 Å². The van der Waals surface area contributed by atoms with Gasteiger partial charge in [0.1, 0.15) is 4.90 Å². The maximum atomic E-state index is 11.0. The second kappa shape index (κ2) is 4.20. The van der Waals surface area contributed by atoms with E-state index < -0.39 is 10.1 Å². The maximum absolute atomic E-state index is 11.0. The highest BCUT2D eigenvalue weighted by Crippen LogP contribution is 2.29. The van der Waals surface area contributed by atoms with Crippen molar-refractivity contribution >= 4 is 15.8 Å². The van der Waals surface area contributed by atoms with Gasteiger partial charge in [-0.15, -0.1) is 0 Å². The van der Waals surface area contributed by atoms with Crippen LogP contribution in [-0.4, -0.2) is 13.0 Å². The molecular formula is C10H15NO3S. The fourth-order valence-electron chi connectivity index (χ4n) is 1.44. The molecule has 0 aromatic heterocycles. The molecule has 0 amide bonds. The van der Waals surface area contributed by atoms with Crippen LogP contribution in [0.4, 0.5) is 5.69 Å². The Labute approximate surface area is 89.9 Å². The summed E-state index contributed by atoms with van der Waals surface area (Å²) in [5.41, 5.74) is 6.61. The zero-order valence-electron chi connectivity index (χ0n) is 8.77. The van der Waals surface area contributed by atoms with Crippen LogP contribution < -0.4 is 5.73 Å². The smallest absolute Gasteiger partial charge is 0.296 e. The molecule has 0 spiro atoms. The lowest BCUT2D eigenvalue weighted by molar-refractivity contribution is 0.483. The molecule has 15 heavy (non-hydrogen) atoms. The van der Waals surface area contributed by atoms with Crippen molar-refractivity contribution in [2.45, 2.75) is 31.1 Å². The molecule has 0 saturated heterocycles. The Morgan fingerprint density at radius 3 is 2.53 bits per heavy atom. The Morgan fingerprint density at radius 1 is 1.47 bits per heavy atom. The normalized spacial score (nSPS) is 13.8. The fraction of sp³-hybridized carbons (Fsp3) is 0.400. The first kappa shape index (κ1) is 12.0. The lowest BCUT2D eigenvalue weighted by Crippen LogP contribution is -2.07. The van der Waals surface area contributed by atoms with Crippen LogP contribution in [0.25, 0.3) is 0 Å². The van der Waals surface area contributed by atoms with Gasteiger partial charge in [-0.05, 0) is 24.0 Å². The lowest BCUT2D eigenvalue weighted by atomic mass is 9.97. The third-order valence-electron chi connectivity index (χ3n) is 2.52. The Balaban J connectivity index is 3.36. The molecule has 1 aromatic rings. The number of benzene rings is 1. The summed E-state index contributed by atoms with van der Waals surface area (Å²) in [6.45, 7) is 3.95. The van der Waals surface area contributed by atoms with Crippen LogP contribution in [0.3, 0.4) is 0 Å². The van der Waals surface area contributed by atoms with Crippen molar-refractivity contribution in [2.24, 2.45) is 0 Å². The summed E-state index contributed by atoms with van der Waals surface area (Å²) in [5.74, 6) is 0.173. The van der Waals surface area contributed by atoms with Crippen molar-refractivity contribution in [1.29, 1.82) is 0 Å². The third-order valence-corrected chi connectivity index (χ3v) is 3.43. The van der Waals surface area contributed by atoms with Crippen LogP contribution in [0.2, 0.25) is 0 Å². The van der Waals surface area contributed by atoms with Crippen molar-refractivity contribution in [1.82, 2.24) is 0 Å². The van der Waals surface area contributed by atoms with Crippen molar-refractivity contribution in [3.63, 3.8) is 0 Å². The average molecular weight is 229 g/mol. The molecule has 0 aliphatic heterocycles. The van der Waals surface area contributed by atoms with Crippen LogP contribution in [0, 0.1) is 0 Å². The molecule has 0 fully saturated rings. The van der Waals surface area contributed by atoms with Gasteiger partial charge >= 0.3 is 0 Å². The van der Waals surface area contributed by atoms with Gasteiger partial charge in [0.05, 0.1) is 5.69 Å². The van der Waals surface area contributed by atoms with Gasteiger partial charge < -0.3 is 5.73 Å². The third kappa shape index (κ3) is 2.49. The molecule has 5 heteroatoms. The van der Waals surface area contributed by atoms with Gasteiger partial charge in [-0.1, -0.05) is 26.0 Å². The molecule has 0 bridgehead atoms. The summed E-state index contributed by atoms with van der Waals surface area (Å²) in [5, 5.41) is 0. The zero-order valence-corrected chi connectivity index (χ0v) is 9.58. The number of para-hydroxylation sites is 1. The van der Waals surface area contributed by atoms with E-state index in [2.05, 4.69) is 0 Å². The monoisotopic (exact) mass is 229 g/mol. The molecule has 4 nitrogen and oxygen atoms in total. The molecule has 1 aromatic carbocycles. The molecule has 0 aliphatic carbocycles. The molecule has 0 heterocycles. The van der Waals surface area contributed by atoms with Crippen LogP contribution in [-0.2, 0) is 10.1 Å². The van der Waals surface area contributed by atoms with Crippen molar-refractivity contribution in [3.05, 3.63) is 23.8 Å². The van der Waals surface area contributed by atoms with E-state index in [-0.39, 0.29) is 16.5 Å². The van der Waals surface area contributed by atoms with Crippen LogP contribution in [0.15, 0.2) is 23.1 Å². The highest BCUT2D eigenvalue weighted by atomic mass is 32.2. The van der Waals surface area contributed by atoms with E-state index in [0.717, 1.165) is 12.0 Å². The Bertz CT molecular complexity index is 454. The summed E-state index contributed by atoms with van der Waals surface area (Å²) in [6.07, 6.45) is 0.860. The van der Waals surface area contributed by atoms with Gasteiger partial charge in [0.25, 0.3) is 10.1 Å². The molecule has 1 unspecified atom stereocenters. The topological polar surface area (TPSA) is 80.4 Å². The van der Waals surface area contributed by atoms with Crippen LogP contribution in [0.1, 0.15) is 31.7 Å². The molecule has 1 atom stereocenters. The van der Waals surface area contributed by atoms with E-state index in [1.807, 2.05) is 13.8 Å². The largest absolute Gasteiger partial charge is 0.397 e. The summed E-state index contributed by atoms with van der Waals surface area (Å²) in [4.78, 5) is -0.208. The molecule has 3 N–H and O–H groups in total. The molecule has 84 valence electrons. The quantitative estimate of drug-likeness (QED) is 0.614. The van der Waals surface area contributed by atoms with Gasteiger partial charge in [-0.25, -0.2) is 0 Å². The van der Waals surface area contributed by atoms with E-state index >= 15 is 0 Å². The van der Waals surface area contributed by atoms with E-state index in [1.54, 1.807) is 12.1 Å². The first-order valence-corrected chi connectivity index (χ1v) is 6.17. The minimum atomic E-state index is -4.22. The van der Waals surface area contributed by atoms with E-state index in [9.17, 15) is 8.42 Å². The predicted octanol–water partition coefficient (Wildman–Crippen LogP) is 2.03. The van der Waals surface area contributed by atoms with Crippen LogP contribution >= 0.6 is 0 Å². The summed E-state index contributed by atoms with van der Waals surface area (Å²) >= 11 is 0. The fourth-order valence-corrected chi connectivity index (χ4v) is 2.08. The van der Waals surface area contributed by atoms with Gasteiger partial charge in [-0.3, -0.25) is 4.55 Å². The lowest BCUT2D eigenvalue weighted by Gasteiger charge is -2.13. The highest BCUT2D eigenvalue weighted by Gasteiger charge is 2.17. The summed E-state index contributed by atoms with van der Waals surface area (Å²) in [6, 6.07) is 4.66. The minimum absolute atomic E-state index is 0.148. The number of hydrogen-bond acceptors (Lipinski definition) is 3. The predicted molar refractivity (Wildman–Crippen MR) is 59.4 cm³/mol. The van der Waals surface area contributed by atoms with Gasteiger partial charge in [0.15, 0.2) is 0 Å². The van der Waals surface area contributed by atoms with Crippen molar-refractivity contribution < 1.29 is 13.0 Å². The number of nitrogen functional groups attached to an aromatic ring is 1. The number of rotatable bonds is 3. The van der Waals surface area contributed by atoms with E-state index in [0.29, 0.717) is 0 Å². The van der Waals surface area contributed by atoms with Crippen LogP contribution in [0.5, 0.6) is 0 Å². The van der Waals surface area contributed by atoms with Crippen molar-refractivity contribution in [3.8, 4) is 0 Å². The Hall–Kier alpha value is -1.07. The van der Waals surface area contributed by atoms with E-state index in [4.69, 9.17) is 10.3 Å². The Morgan fingerprint density at radius 2 is 2.07 bits per heavy atom. The molecule has 0 aliphatic rings. The number of hydrogen-bond donors (Lipinski definition) is 2. The second-order valence-corrected chi connectivity index (χ2v) is 4.93. The van der Waals surface area contributed by atoms with Gasteiger partial charge in [-0.2, -0.15) is 8.42 Å². The van der Waals surface area contributed by atoms with Gasteiger partial charge in [0.2, 0.25) is 0 Å². The first-order valence-electron chi connectivity index (χ1n) is 4.73. The molecule has 0 radical (unpaired) electrons. The molecule has 1 rings (SSSR count). The second-order valence-electron chi connectivity index (χ2n) is 3.54. The summed E-state index contributed by atoms with van der Waals surface area (Å²) < 4.78 is 30.9. The standard InChI is InChI=1S/C10H15NO3S/c1-3-7(2)8-5-4-6-9(10(8)11)15(12,13)14/h4-7H,3,11H2,1-2H3,(H,12,13,14). The van der Waals surface area contributed by atoms with E-state index in [1.165, 1.54) is 6.07 Å². The van der Waals surface area contributed by atoms with Gasteiger partial charge in [0, 0.05) is 0 Å². The maximum Gasteiger partial charge on any atom is 0.296 e. The molecular weight excluding hydrogens is 214 g/mol. The molecule has 0 saturated carbocycles. The Kier molecular flexibility index (Phi) is 3.36. The average Bonchev–Trinajstić information content (AvgIpc) is 2.15. The number of anilines is 1. The highest BCUT2D eigenvalue weighted by molar-refractivity contribution is 7.86. The SMILES string of the molecule is CCC(C)c1cccc(S(=O)(=O)O)c1N. The minimum Gasteiger partial charge on any atom is -0.397 e. The first-order chi connectivity index (χ1) is 6.88. The number of nitrogens with two attached hydrogens (primary N) is 1. The zero-order chi connectivity index (χ0) is 11.6.